The van der Waals surface area contributed by atoms with Gasteiger partial charge in [-0.3, -0.25) is 4.98 Å². The summed E-state index contributed by atoms with van der Waals surface area (Å²) in [5.74, 6) is -0.224. The van der Waals surface area contributed by atoms with Crippen molar-refractivity contribution in [3.05, 3.63) is 30.0 Å². The highest BCUT2D eigenvalue weighted by atomic mass is 19.1. The lowest BCUT2D eigenvalue weighted by atomic mass is 9.89. The summed E-state index contributed by atoms with van der Waals surface area (Å²) in [4.78, 5) is 7.14. The molecule has 0 aromatic carbocycles. The number of pyridine rings is 1. The summed E-state index contributed by atoms with van der Waals surface area (Å²) in [5, 5.41) is 0.611. The summed E-state index contributed by atoms with van der Waals surface area (Å²) < 4.78 is 13.5. The van der Waals surface area contributed by atoms with Crippen LogP contribution in [0.1, 0.15) is 26.5 Å². The second-order valence-electron chi connectivity index (χ2n) is 4.47. The third kappa shape index (κ3) is 1.29. The number of rotatable bonds is 0. The highest BCUT2D eigenvalue weighted by Gasteiger charge is 2.21. The van der Waals surface area contributed by atoms with Crippen LogP contribution in [0.2, 0.25) is 0 Å². The fourth-order valence-corrected chi connectivity index (χ4v) is 1.61. The number of H-pyrrole nitrogens is 1. The van der Waals surface area contributed by atoms with Crippen molar-refractivity contribution in [3.63, 3.8) is 0 Å². The minimum Gasteiger partial charge on any atom is -0.358 e. The van der Waals surface area contributed by atoms with Crippen LogP contribution in [-0.4, -0.2) is 9.97 Å². The average Bonchev–Trinajstić information content (AvgIpc) is 2.46. The van der Waals surface area contributed by atoms with Crippen molar-refractivity contribution >= 4 is 10.9 Å². The summed E-state index contributed by atoms with van der Waals surface area (Å²) in [5.41, 5.74) is 1.47. The molecule has 0 aliphatic rings. The lowest BCUT2D eigenvalue weighted by molar-refractivity contribution is 0.568. The zero-order chi connectivity index (χ0) is 10.3. The quantitative estimate of drug-likeness (QED) is 0.683. The normalized spacial score (nSPS) is 12.3. The maximum atomic E-state index is 13.5. The molecule has 3 heteroatoms. The summed E-state index contributed by atoms with van der Waals surface area (Å²) in [6, 6.07) is 1.79. The predicted octanol–water partition coefficient (Wildman–Crippen LogP) is 3.00. The predicted molar refractivity (Wildman–Crippen MR) is 54.8 cm³/mol. The molecule has 0 bridgehead atoms. The van der Waals surface area contributed by atoms with Crippen LogP contribution in [-0.2, 0) is 5.41 Å². The fraction of sp³-hybridized carbons (Fsp3) is 0.364. The Morgan fingerprint density at radius 2 is 2.07 bits per heavy atom. The molecular weight excluding hydrogens is 179 g/mol. The second kappa shape index (κ2) is 2.80. The van der Waals surface area contributed by atoms with Crippen molar-refractivity contribution < 1.29 is 4.39 Å². The molecule has 0 radical (unpaired) electrons. The topological polar surface area (TPSA) is 28.7 Å². The summed E-state index contributed by atoms with van der Waals surface area (Å²) in [7, 11) is 0. The van der Waals surface area contributed by atoms with Crippen molar-refractivity contribution in [1.29, 1.82) is 0 Å². The Bertz CT molecular complexity index is 466. The first-order chi connectivity index (χ1) is 6.50. The lowest BCUT2D eigenvalue weighted by Gasteiger charge is -2.18. The fourth-order valence-electron chi connectivity index (χ4n) is 1.61. The van der Waals surface area contributed by atoms with E-state index in [9.17, 15) is 4.39 Å². The minimum absolute atomic E-state index is 0.136. The smallest absolute Gasteiger partial charge is 0.150 e. The Hall–Kier alpha value is -1.38. The van der Waals surface area contributed by atoms with Crippen molar-refractivity contribution in [2.45, 2.75) is 26.2 Å². The van der Waals surface area contributed by atoms with Gasteiger partial charge in [0.2, 0.25) is 0 Å². The number of hydrogen-bond donors (Lipinski definition) is 1. The van der Waals surface area contributed by atoms with E-state index in [-0.39, 0.29) is 11.2 Å². The summed E-state index contributed by atoms with van der Waals surface area (Å²) >= 11 is 0. The molecule has 0 atom stereocenters. The maximum absolute atomic E-state index is 13.5. The maximum Gasteiger partial charge on any atom is 0.150 e. The first-order valence-electron chi connectivity index (χ1n) is 4.62. The Morgan fingerprint density at radius 1 is 1.36 bits per heavy atom. The van der Waals surface area contributed by atoms with Crippen LogP contribution in [0.3, 0.4) is 0 Å². The highest BCUT2D eigenvalue weighted by Crippen LogP contribution is 2.29. The van der Waals surface area contributed by atoms with E-state index in [1.54, 1.807) is 12.3 Å². The third-order valence-corrected chi connectivity index (χ3v) is 2.25. The molecule has 0 fully saturated rings. The van der Waals surface area contributed by atoms with Crippen LogP contribution in [0.4, 0.5) is 4.39 Å². The molecule has 0 spiro atoms. The molecule has 0 aliphatic carbocycles. The molecule has 0 saturated heterocycles. The number of fused-ring (bicyclic) bond motifs is 1. The van der Waals surface area contributed by atoms with Gasteiger partial charge in [-0.15, -0.1) is 0 Å². The molecule has 0 aliphatic heterocycles. The minimum atomic E-state index is -0.224. The van der Waals surface area contributed by atoms with Gasteiger partial charge in [0, 0.05) is 17.8 Å². The van der Waals surface area contributed by atoms with Crippen LogP contribution in [0.15, 0.2) is 18.5 Å². The molecule has 0 amide bonds. The SMILES string of the molecule is CC(C)(C)c1nccc2[nH]cc(F)c12. The van der Waals surface area contributed by atoms with Gasteiger partial charge < -0.3 is 4.98 Å². The monoisotopic (exact) mass is 192 g/mol. The largest absolute Gasteiger partial charge is 0.358 e. The molecule has 14 heavy (non-hydrogen) atoms. The van der Waals surface area contributed by atoms with E-state index in [0.717, 1.165) is 11.2 Å². The van der Waals surface area contributed by atoms with Crippen molar-refractivity contribution in [1.82, 2.24) is 9.97 Å². The van der Waals surface area contributed by atoms with E-state index in [2.05, 4.69) is 9.97 Å². The van der Waals surface area contributed by atoms with Crippen molar-refractivity contribution in [2.75, 3.05) is 0 Å². The molecule has 2 nitrogen and oxygen atoms in total. The summed E-state index contributed by atoms with van der Waals surface area (Å²) in [6.07, 6.45) is 3.08. The lowest BCUT2D eigenvalue weighted by Crippen LogP contribution is -2.13. The molecule has 74 valence electrons. The number of nitrogens with one attached hydrogen (secondary N) is 1. The van der Waals surface area contributed by atoms with E-state index in [4.69, 9.17) is 0 Å². The van der Waals surface area contributed by atoms with Gasteiger partial charge in [0.05, 0.1) is 16.6 Å². The van der Waals surface area contributed by atoms with E-state index in [1.807, 2.05) is 20.8 Å². The molecule has 0 saturated carbocycles. The van der Waals surface area contributed by atoms with E-state index in [1.165, 1.54) is 6.20 Å². The molecular formula is C11H13FN2. The summed E-state index contributed by atoms with van der Waals surface area (Å²) in [6.45, 7) is 6.09. The molecule has 0 unspecified atom stereocenters. The van der Waals surface area contributed by atoms with Gasteiger partial charge >= 0.3 is 0 Å². The molecule has 1 N–H and O–H groups in total. The van der Waals surface area contributed by atoms with Crippen molar-refractivity contribution in [3.8, 4) is 0 Å². The average molecular weight is 192 g/mol. The van der Waals surface area contributed by atoms with Gasteiger partial charge in [0.15, 0.2) is 0 Å². The Labute approximate surface area is 82.2 Å². The number of aromatic nitrogens is 2. The molecule has 2 heterocycles. The molecule has 2 rings (SSSR count). The van der Waals surface area contributed by atoms with Gasteiger partial charge in [0.25, 0.3) is 0 Å². The van der Waals surface area contributed by atoms with Crippen LogP contribution in [0, 0.1) is 5.82 Å². The van der Waals surface area contributed by atoms with E-state index in [0.29, 0.717) is 5.39 Å². The van der Waals surface area contributed by atoms with Gasteiger partial charge in [-0.2, -0.15) is 0 Å². The van der Waals surface area contributed by atoms with Crippen LogP contribution >= 0.6 is 0 Å². The van der Waals surface area contributed by atoms with Crippen molar-refractivity contribution in [2.24, 2.45) is 0 Å². The number of aromatic amines is 1. The van der Waals surface area contributed by atoms with Gasteiger partial charge in [-0.1, -0.05) is 20.8 Å². The number of hydrogen-bond acceptors (Lipinski definition) is 1. The van der Waals surface area contributed by atoms with Crippen LogP contribution in [0.25, 0.3) is 10.9 Å². The Balaban J connectivity index is 2.82. The standard InChI is InChI=1S/C11H13FN2/c1-11(2,3)10-9-7(12)6-14-8(9)4-5-13-10/h4-6,14H,1-3H3. The Morgan fingerprint density at radius 3 is 2.71 bits per heavy atom. The number of nitrogens with zero attached hydrogens (tertiary/aromatic N) is 1. The van der Waals surface area contributed by atoms with E-state index < -0.39 is 0 Å². The van der Waals surface area contributed by atoms with E-state index >= 15 is 0 Å². The second-order valence-corrected chi connectivity index (χ2v) is 4.47. The zero-order valence-electron chi connectivity index (χ0n) is 8.56. The van der Waals surface area contributed by atoms with Gasteiger partial charge in [0.1, 0.15) is 5.82 Å². The third-order valence-electron chi connectivity index (χ3n) is 2.25. The zero-order valence-corrected chi connectivity index (χ0v) is 8.56. The van der Waals surface area contributed by atoms with Gasteiger partial charge in [-0.25, -0.2) is 4.39 Å². The van der Waals surface area contributed by atoms with Crippen LogP contribution < -0.4 is 0 Å². The van der Waals surface area contributed by atoms with Crippen LogP contribution in [0.5, 0.6) is 0 Å². The highest BCUT2D eigenvalue weighted by molar-refractivity contribution is 5.83. The van der Waals surface area contributed by atoms with Gasteiger partial charge in [-0.05, 0) is 6.07 Å². The molecule has 2 aromatic rings. The first-order valence-corrected chi connectivity index (χ1v) is 4.62. The number of halogens is 1. The Kier molecular flexibility index (Phi) is 1.84. The molecule has 2 aromatic heterocycles. The first kappa shape index (κ1) is 9.19.